The first-order valence-corrected chi connectivity index (χ1v) is 8.99. The lowest BCUT2D eigenvalue weighted by molar-refractivity contribution is -0.135. The van der Waals surface area contributed by atoms with Crippen LogP contribution < -0.4 is 5.32 Å². The van der Waals surface area contributed by atoms with E-state index in [2.05, 4.69) is 5.32 Å². The summed E-state index contributed by atoms with van der Waals surface area (Å²) >= 11 is 1.45. The molecule has 24 heavy (non-hydrogen) atoms. The standard InChI is InChI=1S/C17H20N2O4S/c1-11-16(21)18-13-9-12(5-6-14(13)24-11)17(22)23-10-15(20)19-7-3-2-4-8-19/h5-6,9,11H,2-4,7-8,10H2,1H3,(H,18,21)/t11-/m1/s1. The Morgan fingerprint density at radius 2 is 2.04 bits per heavy atom. The number of hydrogen-bond acceptors (Lipinski definition) is 5. The van der Waals surface area contributed by atoms with E-state index in [1.807, 2.05) is 6.92 Å². The van der Waals surface area contributed by atoms with Gasteiger partial charge in [0.1, 0.15) is 0 Å². The third-order valence-corrected chi connectivity index (χ3v) is 5.36. The zero-order valence-electron chi connectivity index (χ0n) is 13.5. The number of nitrogens with zero attached hydrogens (tertiary/aromatic N) is 1. The van der Waals surface area contributed by atoms with Gasteiger partial charge in [-0.1, -0.05) is 0 Å². The minimum atomic E-state index is -0.555. The molecule has 1 aromatic carbocycles. The number of ether oxygens (including phenoxy) is 1. The average molecular weight is 348 g/mol. The van der Waals surface area contributed by atoms with E-state index in [0.717, 1.165) is 37.2 Å². The molecule has 128 valence electrons. The van der Waals surface area contributed by atoms with Crippen LogP contribution in [0.4, 0.5) is 5.69 Å². The van der Waals surface area contributed by atoms with Crippen LogP contribution in [0.1, 0.15) is 36.5 Å². The molecular formula is C17H20N2O4S. The molecule has 2 aliphatic rings. The number of likely N-dealkylation sites (tertiary alicyclic amines) is 1. The zero-order chi connectivity index (χ0) is 17.1. The van der Waals surface area contributed by atoms with Crippen molar-refractivity contribution in [3.05, 3.63) is 23.8 Å². The maximum Gasteiger partial charge on any atom is 0.338 e. The number of nitrogens with one attached hydrogen (secondary N) is 1. The van der Waals surface area contributed by atoms with Gasteiger partial charge in [-0.3, -0.25) is 9.59 Å². The molecule has 0 aliphatic carbocycles. The monoisotopic (exact) mass is 348 g/mol. The fraction of sp³-hybridized carbons (Fsp3) is 0.471. The van der Waals surface area contributed by atoms with Gasteiger partial charge in [0.15, 0.2) is 6.61 Å². The van der Waals surface area contributed by atoms with Gasteiger partial charge in [-0.15, -0.1) is 11.8 Å². The molecule has 3 rings (SSSR count). The molecule has 0 spiro atoms. The van der Waals surface area contributed by atoms with E-state index in [4.69, 9.17) is 4.74 Å². The highest BCUT2D eigenvalue weighted by Crippen LogP contribution is 2.36. The lowest BCUT2D eigenvalue weighted by Gasteiger charge is -2.26. The molecule has 0 unspecified atom stereocenters. The van der Waals surface area contributed by atoms with Gasteiger partial charge in [0.2, 0.25) is 5.91 Å². The summed E-state index contributed by atoms with van der Waals surface area (Å²) in [5.41, 5.74) is 0.940. The van der Waals surface area contributed by atoms with Crippen molar-refractivity contribution in [2.45, 2.75) is 36.3 Å². The molecule has 0 aromatic heterocycles. The second-order valence-corrected chi connectivity index (χ2v) is 7.36. The smallest absolute Gasteiger partial charge is 0.338 e. The fourth-order valence-electron chi connectivity index (χ4n) is 2.78. The Labute approximate surface area is 144 Å². The number of rotatable bonds is 3. The molecule has 2 amide bonds. The summed E-state index contributed by atoms with van der Waals surface area (Å²) in [6.07, 6.45) is 3.14. The van der Waals surface area contributed by atoms with Crippen molar-refractivity contribution in [2.24, 2.45) is 0 Å². The number of carbonyl (C=O) groups is 3. The average Bonchev–Trinajstić information content (AvgIpc) is 2.60. The second-order valence-electron chi connectivity index (χ2n) is 5.98. The molecule has 1 aromatic rings. The molecule has 1 atom stereocenters. The number of thioether (sulfide) groups is 1. The molecule has 2 heterocycles. The summed E-state index contributed by atoms with van der Waals surface area (Å²) in [7, 11) is 0. The lowest BCUT2D eigenvalue weighted by atomic mass is 10.1. The van der Waals surface area contributed by atoms with Crippen LogP contribution in [0.5, 0.6) is 0 Å². The molecule has 0 saturated carbocycles. The van der Waals surface area contributed by atoms with E-state index >= 15 is 0 Å². The molecule has 0 radical (unpaired) electrons. The predicted octanol–water partition coefficient (Wildman–Crippen LogP) is 2.29. The summed E-state index contributed by atoms with van der Waals surface area (Å²) in [5, 5.41) is 2.62. The van der Waals surface area contributed by atoms with E-state index in [1.54, 1.807) is 23.1 Å². The molecular weight excluding hydrogens is 328 g/mol. The third kappa shape index (κ3) is 3.72. The number of anilines is 1. The third-order valence-electron chi connectivity index (χ3n) is 4.18. The van der Waals surface area contributed by atoms with Crippen molar-refractivity contribution in [3.63, 3.8) is 0 Å². The van der Waals surface area contributed by atoms with Crippen molar-refractivity contribution in [1.29, 1.82) is 0 Å². The fourth-order valence-corrected chi connectivity index (χ4v) is 3.71. The molecule has 7 heteroatoms. The van der Waals surface area contributed by atoms with Gasteiger partial charge >= 0.3 is 5.97 Å². The number of esters is 1. The first-order chi connectivity index (χ1) is 11.5. The van der Waals surface area contributed by atoms with E-state index in [9.17, 15) is 14.4 Å². The second kappa shape index (κ2) is 7.25. The van der Waals surface area contributed by atoms with E-state index in [-0.39, 0.29) is 23.7 Å². The predicted molar refractivity (Wildman–Crippen MR) is 91.1 cm³/mol. The van der Waals surface area contributed by atoms with E-state index < -0.39 is 5.97 Å². The molecule has 1 saturated heterocycles. The molecule has 1 fully saturated rings. The van der Waals surface area contributed by atoms with Crippen molar-refractivity contribution < 1.29 is 19.1 Å². The number of hydrogen-bond donors (Lipinski definition) is 1. The Balaban J connectivity index is 1.60. The van der Waals surface area contributed by atoms with Gasteiger partial charge in [0.05, 0.1) is 16.5 Å². The van der Waals surface area contributed by atoms with Gasteiger partial charge in [-0.2, -0.15) is 0 Å². The Morgan fingerprint density at radius 1 is 1.29 bits per heavy atom. The Hall–Kier alpha value is -2.02. The van der Waals surface area contributed by atoms with Crippen LogP contribution >= 0.6 is 11.8 Å². The Kier molecular flexibility index (Phi) is 5.08. The van der Waals surface area contributed by atoms with Gasteiger partial charge in [0.25, 0.3) is 5.91 Å². The highest BCUT2D eigenvalue weighted by Gasteiger charge is 2.24. The Bertz CT molecular complexity index is 671. The topological polar surface area (TPSA) is 75.7 Å². The van der Waals surface area contributed by atoms with Crippen LogP contribution in [0.2, 0.25) is 0 Å². The van der Waals surface area contributed by atoms with Crippen molar-refractivity contribution in [1.82, 2.24) is 4.90 Å². The largest absolute Gasteiger partial charge is 0.452 e. The van der Waals surface area contributed by atoms with Gasteiger partial charge in [-0.25, -0.2) is 4.79 Å². The van der Waals surface area contributed by atoms with Crippen molar-refractivity contribution in [2.75, 3.05) is 25.0 Å². The van der Waals surface area contributed by atoms with Gasteiger partial charge in [0, 0.05) is 18.0 Å². The quantitative estimate of drug-likeness (QED) is 0.848. The van der Waals surface area contributed by atoms with Crippen LogP contribution in [0.25, 0.3) is 0 Å². The molecule has 2 aliphatic heterocycles. The lowest BCUT2D eigenvalue weighted by Crippen LogP contribution is -2.38. The maximum absolute atomic E-state index is 12.2. The molecule has 0 bridgehead atoms. The van der Waals surface area contributed by atoms with E-state index in [0.29, 0.717) is 11.3 Å². The molecule has 1 N–H and O–H groups in total. The SMILES string of the molecule is C[C@H]1Sc2ccc(C(=O)OCC(=O)N3CCCCC3)cc2NC1=O. The number of amides is 2. The van der Waals surface area contributed by atoms with Crippen molar-refractivity contribution in [3.8, 4) is 0 Å². The minimum absolute atomic E-state index is 0.0849. The highest BCUT2D eigenvalue weighted by atomic mass is 32.2. The number of fused-ring (bicyclic) bond motifs is 1. The van der Waals surface area contributed by atoms with Crippen LogP contribution in [0, 0.1) is 0 Å². The first-order valence-electron chi connectivity index (χ1n) is 8.11. The number of carbonyl (C=O) groups excluding carboxylic acids is 3. The summed E-state index contributed by atoms with van der Waals surface area (Å²) in [6.45, 7) is 3.05. The maximum atomic E-state index is 12.2. The summed E-state index contributed by atoms with van der Waals surface area (Å²) < 4.78 is 5.13. The summed E-state index contributed by atoms with van der Waals surface area (Å²) in [5.74, 6) is -0.794. The first kappa shape index (κ1) is 16.8. The van der Waals surface area contributed by atoms with E-state index in [1.165, 1.54) is 11.8 Å². The zero-order valence-corrected chi connectivity index (χ0v) is 14.4. The number of piperidine rings is 1. The van der Waals surface area contributed by atoms with Crippen LogP contribution in [-0.4, -0.2) is 47.6 Å². The van der Waals surface area contributed by atoms with Gasteiger partial charge < -0.3 is 15.0 Å². The molecule has 6 nitrogen and oxygen atoms in total. The number of benzene rings is 1. The summed E-state index contributed by atoms with van der Waals surface area (Å²) in [4.78, 5) is 38.6. The van der Waals surface area contributed by atoms with Gasteiger partial charge in [-0.05, 0) is 44.4 Å². The Morgan fingerprint density at radius 3 is 2.79 bits per heavy atom. The van der Waals surface area contributed by atoms with Crippen LogP contribution in [0.3, 0.4) is 0 Å². The van der Waals surface area contributed by atoms with Crippen LogP contribution in [0.15, 0.2) is 23.1 Å². The van der Waals surface area contributed by atoms with Crippen molar-refractivity contribution >= 4 is 35.2 Å². The van der Waals surface area contributed by atoms with Crippen LogP contribution in [-0.2, 0) is 14.3 Å². The normalized spacial score (nSPS) is 20.1. The minimum Gasteiger partial charge on any atom is -0.452 e. The highest BCUT2D eigenvalue weighted by molar-refractivity contribution is 8.00. The summed E-state index contributed by atoms with van der Waals surface area (Å²) in [6, 6.07) is 5.04.